The summed E-state index contributed by atoms with van der Waals surface area (Å²) in [6.45, 7) is 5.51. The zero-order valence-corrected chi connectivity index (χ0v) is 9.16. The second-order valence-corrected chi connectivity index (χ2v) is 4.76. The molecular formula is C11H18N4. The van der Waals surface area contributed by atoms with E-state index in [1.54, 1.807) is 0 Å². The first-order valence-corrected chi connectivity index (χ1v) is 5.83. The van der Waals surface area contributed by atoms with E-state index in [1.807, 2.05) is 6.20 Å². The van der Waals surface area contributed by atoms with Crippen molar-refractivity contribution in [3.05, 3.63) is 11.9 Å². The summed E-state index contributed by atoms with van der Waals surface area (Å²) in [6.07, 6.45) is 4.60. The fraction of sp³-hybridized carbons (Fsp3) is 0.727. The highest BCUT2D eigenvalue weighted by atomic mass is 15.3. The van der Waals surface area contributed by atoms with E-state index in [0.29, 0.717) is 6.04 Å². The smallest absolute Gasteiger partial charge is 0.203 e. The summed E-state index contributed by atoms with van der Waals surface area (Å²) >= 11 is 0. The maximum absolute atomic E-state index is 4.40. The van der Waals surface area contributed by atoms with Crippen LogP contribution in [0.3, 0.4) is 0 Å². The number of H-pyrrole nitrogens is 1. The van der Waals surface area contributed by atoms with Gasteiger partial charge in [0.25, 0.3) is 0 Å². The van der Waals surface area contributed by atoms with Gasteiger partial charge in [0, 0.05) is 31.0 Å². The van der Waals surface area contributed by atoms with E-state index in [-0.39, 0.29) is 0 Å². The molecule has 3 rings (SSSR count). The molecule has 1 aromatic rings. The lowest BCUT2D eigenvalue weighted by Gasteiger charge is -2.24. The topological polar surface area (TPSA) is 44.0 Å². The van der Waals surface area contributed by atoms with E-state index < -0.39 is 0 Å². The zero-order chi connectivity index (χ0) is 10.3. The predicted octanol–water partition coefficient (Wildman–Crippen LogP) is 0.906. The Morgan fingerprint density at radius 2 is 2.40 bits per heavy atom. The molecule has 4 heteroatoms. The average Bonchev–Trinajstić information content (AvgIpc) is 2.82. The largest absolute Gasteiger partial charge is 0.341 e. The van der Waals surface area contributed by atoms with Crippen LogP contribution in [0.2, 0.25) is 0 Å². The molecule has 0 aliphatic carbocycles. The number of piperidine rings is 1. The molecule has 15 heavy (non-hydrogen) atoms. The van der Waals surface area contributed by atoms with Gasteiger partial charge in [-0.25, -0.2) is 4.98 Å². The Balaban J connectivity index is 1.74. The molecule has 2 aliphatic rings. The fourth-order valence-electron chi connectivity index (χ4n) is 2.78. The van der Waals surface area contributed by atoms with Gasteiger partial charge in [-0.2, -0.15) is 0 Å². The van der Waals surface area contributed by atoms with Gasteiger partial charge in [0.2, 0.25) is 5.95 Å². The highest BCUT2D eigenvalue weighted by molar-refractivity contribution is 5.34. The number of fused-ring (bicyclic) bond motifs is 1. The van der Waals surface area contributed by atoms with Crippen molar-refractivity contribution >= 4 is 5.95 Å². The van der Waals surface area contributed by atoms with Crippen molar-refractivity contribution in [2.24, 2.45) is 5.92 Å². The monoisotopic (exact) mass is 206 g/mol. The van der Waals surface area contributed by atoms with Crippen molar-refractivity contribution < 1.29 is 0 Å². The number of nitrogens with zero attached hydrogens (tertiary/aromatic N) is 2. The SMILES string of the molecule is Cc1cnc(N2C[C@@H]3CCCN[C@@H]3C2)[nH]1. The Kier molecular flexibility index (Phi) is 2.16. The van der Waals surface area contributed by atoms with E-state index in [1.165, 1.54) is 19.4 Å². The van der Waals surface area contributed by atoms with Gasteiger partial charge in [-0.1, -0.05) is 0 Å². The molecule has 0 spiro atoms. The summed E-state index contributed by atoms with van der Waals surface area (Å²) in [4.78, 5) is 10.1. The van der Waals surface area contributed by atoms with Crippen LogP contribution in [0, 0.1) is 12.8 Å². The molecule has 82 valence electrons. The van der Waals surface area contributed by atoms with Gasteiger partial charge in [0.1, 0.15) is 0 Å². The first-order chi connectivity index (χ1) is 7.33. The van der Waals surface area contributed by atoms with Gasteiger partial charge in [-0.3, -0.25) is 0 Å². The summed E-state index contributed by atoms with van der Waals surface area (Å²) in [5.74, 6) is 1.87. The third-order valence-electron chi connectivity index (χ3n) is 3.59. The average molecular weight is 206 g/mol. The summed E-state index contributed by atoms with van der Waals surface area (Å²) in [5.41, 5.74) is 1.15. The number of rotatable bonds is 1. The molecule has 0 aromatic carbocycles. The molecular weight excluding hydrogens is 188 g/mol. The van der Waals surface area contributed by atoms with Crippen LogP contribution in [0.1, 0.15) is 18.5 Å². The maximum atomic E-state index is 4.40. The Bertz CT molecular complexity index is 332. The van der Waals surface area contributed by atoms with Crippen molar-refractivity contribution in [1.82, 2.24) is 15.3 Å². The summed E-state index contributed by atoms with van der Waals surface area (Å²) in [5, 5.41) is 3.60. The van der Waals surface area contributed by atoms with Gasteiger partial charge < -0.3 is 15.2 Å². The van der Waals surface area contributed by atoms with Gasteiger partial charge in [-0.15, -0.1) is 0 Å². The first-order valence-electron chi connectivity index (χ1n) is 5.83. The minimum atomic E-state index is 0.684. The van der Waals surface area contributed by atoms with Crippen LogP contribution in [-0.2, 0) is 0 Å². The van der Waals surface area contributed by atoms with Gasteiger partial charge in [0.15, 0.2) is 0 Å². The molecule has 2 atom stereocenters. The van der Waals surface area contributed by atoms with Crippen LogP contribution in [0.15, 0.2) is 6.20 Å². The van der Waals surface area contributed by atoms with E-state index >= 15 is 0 Å². The van der Waals surface area contributed by atoms with E-state index in [9.17, 15) is 0 Å². The predicted molar refractivity (Wildman–Crippen MR) is 60.1 cm³/mol. The fourth-order valence-corrected chi connectivity index (χ4v) is 2.78. The molecule has 0 saturated carbocycles. The van der Waals surface area contributed by atoms with Crippen molar-refractivity contribution in [3.8, 4) is 0 Å². The van der Waals surface area contributed by atoms with Crippen LogP contribution < -0.4 is 10.2 Å². The zero-order valence-electron chi connectivity index (χ0n) is 9.16. The Morgan fingerprint density at radius 3 is 3.13 bits per heavy atom. The Hall–Kier alpha value is -1.03. The molecule has 3 heterocycles. The van der Waals surface area contributed by atoms with Crippen LogP contribution in [0.25, 0.3) is 0 Å². The molecule has 0 unspecified atom stereocenters. The summed E-state index contributed by atoms with van der Waals surface area (Å²) in [6, 6.07) is 0.684. The third kappa shape index (κ3) is 1.63. The lowest BCUT2D eigenvalue weighted by atomic mass is 9.94. The molecule has 0 radical (unpaired) electrons. The number of aromatic nitrogens is 2. The maximum Gasteiger partial charge on any atom is 0.203 e. The van der Waals surface area contributed by atoms with E-state index in [2.05, 4.69) is 27.1 Å². The molecule has 4 nitrogen and oxygen atoms in total. The van der Waals surface area contributed by atoms with E-state index in [4.69, 9.17) is 0 Å². The molecule has 0 amide bonds. The minimum Gasteiger partial charge on any atom is -0.341 e. The first kappa shape index (κ1) is 9.21. The highest BCUT2D eigenvalue weighted by Gasteiger charge is 2.35. The molecule has 2 saturated heterocycles. The lowest BCUT2D eigenvalue weighted by molar-refractivity contribution is 0.340. The van der Waals surface area contributed by atoms with Crippen molar-refractivity contribution in [1.29, 1.82) is 0 Å². The van der Waals surface area contributed by atoms with Crippen LogP contribution in [0.5, 0.6) is 0 Å². The molecule has 1 aromatic heterocycles. The standard InChI is InChI=1S/C11H18N4/c1-8-5-13-11(14-8)15-6-9-3-2-4-12-10(9)7-15/h5,9-10,12H,2-4,6-7H2,1H3,(H,13,14)/t9-,10+/m0/s1. The van der Waals surface area contributed by atoms with E-state index in [0.717, 1.165) is 30.6 Å². The number of aryl methyl sites for hydroxylation is 1. The quantitative estimate of drug-likeness (QED) is 0.717. The summed E-state index contributed by atoms with van der Waals surface area (Å²) in [7, 11) is 0. The van der Waals surface area contributed by atoms with Crippen LogP contribution in [0.4, 0.5) is 5.95 Å². The molecule has 2 fully saturated rings. The van der Waals surface area contributed by atoms with Crippen molar-refractivity contribution in [2.75, 3.05) is 24.5 Å². The normalized spacial score (nSPS) is 30.6. The second kappa shape index (κ2) is 3.52. The Labute approximate surface area is 90.1 Å². The van der Waals surface area contributed by atoms with Crippen LogP contribution in [-0.4, -0.2) is 35.6 Å². The number of imidazole rings is 1. The van der Waals surface area contributed by atoms with Crippen molar-refractivity contribution in [3.63, 3.8) is 0 Å². The Morgan fingerprint density at radius 1 is 1.47 bits per heavy atom. The third-order valence-corrected chi connectivity index (χ3v) is 3.59. The summed E-state index contributed by atoms with van der Waals surface area (Å²) < 4.78 is 0. The van der Waals surface area contributed by atoms with Gasteiger partial charge in [0.05, 0.1) is 0 Å². The number of anilines is 1. The minimum absolute atomic E-state index is 0.684. The molecule has 2 N–H and O–H groups in total. The molecule has 2 aliphatic heterocycles. The second-order valence-electron chi connectivity index (χ2n) is 4.76. The lowest BCUT2D eigenvalue weighted by Crippen LogP contribution is -2.40. The van der Waals surface area contributed by atoms with Crippen LogP contribution >= 0.6 is 0 Å². The number of hydrogen-bond acceptors (Lipinski definition) is 3. The highest BCUT2D eigenvalue weighted by Crippen LogP contribution is 2.27. The number of aromatic amines is 1. The van der Waals surface area contributed by atoms with Crippen molar-refractivity contribution in [2.45, 2.75) is 25.8 Å². The van der Waals surface area contributed by atoms with Gasteiger partial charge in [-0.05, 0) is 32.2 Å². The van der Waals surface area contributed by atoms with Gasteiger partial charge >= 0.3 is 0 Å². The number of nitrogens with one attached hydrogen (secondary N) is 2. The molecule has 0 bridgehead atoms. The number of hydrogen-bond donors (Lipinski definition) is 2.